The molecule has 2 rings (SSSR count). The van der Waals surface area contributed by atoms with Crippen LogP contribution < -0.4 is 4.74 Å². The van der Waals surface area contributed by atoms with Crippen LogP contribution in [0.25, 0.3) is 0 Å². The second-order valence-corrected chi connectivity index (χ2v) is 3.94. The van der Waals surface area contributed by atoms with Gasteiger partial charge in [-0.1, -0.05) is 13.0 Å². The summed E-state index contributed by atoms with van der Waals surface area (Å²) in [6, 6.07) is 4.35. The number of rotatable bonds is 2. The summed E-state index contributed by atoms with van der Waals surface area (Å²) in [4.78, 5) is 0. The summed E-state index contributed by atoms with van der Waals surface area (Å²) < 4.78 is 5.41. The number of hydrogen-bond donors (Lipinski definition) is 0. The van der Waals surface area contributed by atoms with Crippen LogP contribution in [0.3, 0.4) is 0 Å². The largest absolute Gasteiger partial charge is 0.496 e. The van der Waals surface area contributed by atoms with Crippen molar-refractivity contribution in [3.8, 4) is 5.75 Å². The summed E-state index contributed by atoms with van der Waals surface area (Å²) in [6.45, 7) is 2.23. The highest BCUT2D eigenvalue weighted by Crippen LogP contribution is 2.32. The first-order chi connectivity index (χ1) is 6.86. The van der Waals surface area contributed by atoms with Crippen LogP contribution in [-0.2, 0) is 19.3 Å². The lowest BCUT2D eigenvalue weighted by Crippen LogP contribution is -2.07. The van der Waals surface area contributed by atoms with Crippen LogP contribution in [0, 0.1) is 0 Å². The lowest BCUT2D eigenvalue weighted by Gasteiger charge is -2.21. The van der Waals surface area contributed by atoms with E-state index in [1.807, 2.05) is 0 Å². The predicted molar refractivity (Wildman–Crippen MR) is 59.0 cm³/mol. The predicted octanol–water partition coefficient (Wildman–Crippen LogP) is 3.14. The minimum atomic E-state index is 1.09. The molecule has 0 saturated heterocycles. The number of aryl methyl sites for hydroxylation is 1. The Labute approximate surface area is 86.1 Å². The lowest BCUT2D eigenvalue weighted by atomic mass is 9.87. The Morgan fingerprint density at radius 1 is 1.14 bits per heavy atom. The molecule has 0 aliphatic heterocycles. The molecule has 0 fully saturated rings. The molecule has 0 radical (unpaired) electrons. The maximum absolute atomic E-state index is 5.41. The van der Waals surface area contributed by atoms with Crippen LogP contribution in [0.4, 0.5) is 0 Å². The summed E-state index contributed by atoms with van der Waals surface area (Å²) in [5, 5.41) is 0. The molecule has 0 N–H and O–H groups in total. The van der Waals surface area contributed by atoms with Crippen LogP contribution in [-0.4, -0.2) is 7.11 Å². The van der Waals surface area contributed by atoms with E-state index >= 15 is 0 Å². The Bertz CT molecular complexity index is 295. The first kappa shape index (κ1) is 9.57. The molecule has 0 saturated carbocycles. The van der Waals surface area contributed by atoms with Gasteiger partial charge in [-0.15, -0.1) is 0 Å². The summed E-state index contributed by atoms with van der Waals surface area (Å²) in [7, 11) is 1.77. The minimum Gasteiger partial charge on any atom is -0.496 e. The van der Waals surface area contributed by atoms with Crippen molar-refractivity contribution in [2.45, 2.75) is 39.0 Å². The Morgan fingerprint density at radius 3 is 2.50 bits per heavy atom. The highest BCUT2D eigenvalue weighted by molar-refractivity contribution is 5.46. The van der Waals surface area contributed by atoms with E-state index in [0.717, 1.165) is 12.2 Å². The van der Waals surface area contributed by atoms with Crippen LogP contribution in [0.15, 0.2) is 12.1 Å². The van der Waals surface area contributed by atoms with Gasteiger partial charge in [-0.25, -0.2) is 0 Å². The zero-order chi connectivity index (χ0) is 9.97. The van der Waals surface area contributed by atoms with Crippen molar-refractivity contribution in [2.24, 2.45) is 0 Å². The number of hydrogen-bond acceptors (Lipinski definition) is 1. The normalized spacial score (nSPS) is 15.0. The summed E-state index contributed by atoms with van der Waals surface area (Å²) in [5.74, 6) is 1.09. The molecule has 76 valence electrons. The van der Waals surface area contributed by atoms with E-state index in [1.165, 1.54) is 36.8 Å². The first-order valence-electron chi connectivity index (χ1n) is 5.54. The SMILES string of the molecule is CCc1ccc(OC)c2c1CCCC2. The third-order valence-corrected chi connectivity index (χ3v) is 3.19. The Balaban J connectivity index is 2.50. The fourth-order valence-corrected chi connectivity index (χ4v) is 2.43. The maximum Gasteiger partial charge on any atom is 0.122 e. The lowest BCUT2D eigenvalue weighted by molar-refractivity contribution is 0.406. The van der Waals surface area contributed by atoms with E-state index in [1.54, 1.807) is 12.7 Å². The van der Waals surface area contributed by atoms with E-state index in [4.69, 9.17) is 4.74 Å². The summed E-state index contributed by atoms with van der Waals surface area (Å²) in [6.07, 6.45) is 6.25. The minimum absolute atomic E-state index is 1.09. The van der Waals surface area contributed by atoms with E-state index in [-0.39, 0.29) is 0 Å². The number of ether oxygens (including phenoxy) is 1. The van der Waals surface area contributed by atoms with E-state index in [2.05, 4.69) is 19.1 Å². The van der Waals surface area contributed by atoms with Gasteiger partial charge in [-0.2, -0.15) is 0 Å². The molecular weight excluding hydrogens is 172 g/mol. The molecular formula is C13H18O. The maximum atomic E-state index is 5.41. The number of benzene rings is 1. The van der Waals surface area contributed by atoms with Gasteiger partial charge in [0, 0.05) is 0 Å². The highest BCUT2D eigenvalue weighted by Gasteiger charge is 2.16. The van der Waals surface area contributed by atoms with Gasteiger partial charge in [-0.3, -0.25) is 0 Å². The summed E-state index contributed by atoms with van der Waals surface area (Å²) in [5.41, 5.74) is 4.55. The first-order valence-corrected chi connectivity index (χ1v) is 5.54. The molecule has 0 bridgehead atoms. The van der Waals surface area contributed by atoms with E-state index < -0.39 is 0 Å². The van der Waals surface area contributed by atoms with Crippen molar-refractivity contribution in [3.63, 3.8) is 0 Å². The molecule has 1 nitrogen and oxygen atoms in total. The zero-order valence-corrected chi connectivity index (χ0v) is 9.10. The van der Waals surface area contributed by atoms with Crippen molar-refractivity contribution in [1.82, 2.24) is 0 Å². The van der Waals surface area contributed by atoms with Gasteiger partial charge in [0.15, 0.2) is 0 Å². The second kappa shape index (κ2) is 4.04. The molecule has 1 heteroatoms. The van der Waals surface area contributed by atoms with Crippen molar-refractivity contribution in [3.05, 3.63) is 28.8 Å². The fourth-order valence-electron chi connectivity index (χ4n) is 2.43. The van der Waals surface area contributed by atoms with Gasteiger partial charge >= 0.3 is 0 Å². The third kappa shape index (κ3) is 1.52. The standard InChI is InChI=1S/C13H18O/c1-3-10-8-9-13(14-2)12-7-5-4-6-11(10)12/h8-9H,3-7H2,1-2H3. The van der Waals surface area contributed by atoms with Gasteiger partial charge in [0.05, 0.1) is 7.11 Å². The van der Waals surface area contributed by atoms with Crippen LogP contribution >= 0.6 is 0 Å². The van der Waals surface area contributed by atoms with Gasteiger partial charge < -0.3 is 4.74 Å². The van der Waals surface area contributed by atoms with Crippen LogP contribution in [0.5, 0.6) is 5.75 Å². The second-order valence-electron chi connectivity index (χ2n) is 3.94. The smallest absolute Gasteiger partial charge is 0.122 e. The molecule has 1 aliphatic rings. The highest BCUT2D eigenvalue weighted by atomic mass is 16.5. The molecule has 1 aromatic carbocycles. The molecule has 0 atom stereocenters. The monoisotopic (exact) mass is 190 g/mol. The van der Waals surface area contributed by atoms with Gasteiger partial charge in [0.1, 0.15) is 5.75 Å². The van der Waals surface area contributed by atoms with E-state index in [9.17, 15) is 0 Å². The molecule has 1 aromatic rings. The van der Waals surface area contributed by atoms with Crippen molar-refractivity contribution < 1.29 is 4.74 Å². The molecule has 0 unspecified atom stereocenters. The Hall–Kier alpha value is -0.980. The molecule has 14 heavy (non-hydrogen) atoms. The Morgan fingerprint density at radius 2 is 1.86 bits per heavy atom. The van der Waals surface area contributed by atoms with Gasteiger partial charge in [-0.05, 0) is 54.9 Å². The fraction of sp³-hybridized carbons (Fsp3) is 0.538. The van der Waals surface area contributed by atoms with Gasteiger partial charge in [0.2, 0.25) is 0 Å². The Kier molecular flexibility index (Phi) is 2.76. The molecule has 0 heterocycles. The van der Waals surface area contributed by atoms with Gasteiger partial charge in [0.25, 0.3) is 0 Å². The molecule has 0 spiro atoms. The number of methoxy groups -OCH3 is 1. The molecule has 0 amide bonds. The average Bonchev–Trinajstić information content (AvgIpc) is 2.27. The van der Waals surface area contributed by atoms with Crippen LogP contribution in [0.1, 0.15) is 36.5 Å². The van der Waals surface area contributed by atoms with E-state index in [0.29, 0.717) is 0 Å². The third-order valence-electron chi connectivity index (χ3n) is 3.19. The van der Waals surface area contributed by atoms with Crippen LogP contribution in [0.2, 0.25) is 0 Å². The molecule has 0 aromatic heterocycles. The topological polar surface area (TPSA) is 9.23 Å². The molecule has 1 aliphatic carbocycles. The zero-order valence-electron chi connectivity index (χ0n) is 9.10. The van der Waals surface area contributed by atoms with Crippen molar-refractivity contribution in [2.75, 3.05) is 7.11 Å². The van der Waals surface area contributed by atoms with Crippen molar-refractivity contribution >= 4 is 0 Å². The van der Waals surface area contributed by atoms with Crippen molar-refractivity contribution in [1.29, 1.82) is 0 Å². The number of fused-ring (bicyclic) bond motifs is 1. The summed E-state index contributed by atoms with van der Waals surface area (Å²) >= 11 is 0. The quantitative estimate of drug-likeness (QED) is 0.696. The average molecular weight is 190 g/mol.